The molecule has 1 aromatic heterocycles. The highest BCUT2D eigenvalue weighted by atomic mass is 32.1. The van der Waals surface area contributed by atoms with Crippen LogP contribution in [0.2, 0.25) is 0 Å². The van der Waals surface area contributed by atoms with Crippen LogP contribution in [0.4, 0.5) is 5.00 Å². The van der Waals surface area contributed by atoms with Gasteiger partial charge in [-0.2, -0.15) is 0 Å². The molecular weight excluding hydrogens is 360 g/mol. The summed E-state index contributed by atoms with van der Waals surface area (Å²) in [6.45, 7) is 6.97. The van der Waals surface area contributed by atoms with E-state index in [-0.39, 0.29) is 0 Å². The predicted molar refractivity (Wildman–Crippen MR) is 112 cm³/mol. The Bertz CT molecular complexity index is 727. The van der Waals surface area contributed by atoms with Gasteiger partial charge in [-0.25, -0.2) is 0 Å². The van der Waals surface area contributed by atoms with Crippen LogP contribution < -0.4 is 15.0 Å². The lowest BCUT2D eigenvalue weighted by atomic mass is 10.1. The quantitative estimate of drug-likeness (QED) is 0.588. The van der Waals surface area contributed by atoms with Gasteiger partial charge in [0, 0.05) is 32.7 Å². The molecule has 6 nitrogen and oxygen atoms in total. The van der Waals surface area contributed by atoms with E-state index >= 15 is 0 Å². The van der Waals surface area contributed by atoms with Gasteiger partial charge >= 0.3 is 0 Å². The third kappa shape index (κ3) is 5.14. The Morgan fingerprint density at radius 3 is 2.74 bits per heavy atom. The fourth-order valence-corrected chi connectivity index (χ4v) is 3.93. The molecule has 1 aromatic carbocycles. The van der Waals surface area contributed by atoms with Gasteiger partial charge in [0.2, 0.25) is 0 Å². The van der Waals surface area contributed by atoms with Crippen LogP contribution >= 0.6 is 11.3 Å². The molecule has 0 amide bonds. The second-order valence-electron chi connectivity index (χ2n) is 6.41. The Hall–Kier alpha value is -2.25. The molecule has 2 aromatic rings. The van der Waals surface area contributed by atoms with Gasteiger partial charge in [0.15, 0.2) is 5.96 Å². The maximum atomic E-state index is 10.5. The van der Waals surface area contributed by atoms with Crippen molar-refractivity contribution >= 4 is 22.3 Å². The van der Waals surface area contributed by atoms with E-state index in [9.17, 15) is 5.11 Å². The van der Waals surface area contributed by atoms with Crippen LogP contribution in [0.1, 0.15) is 18.6 Å². The number of anilines is 1. The van der Waals surface area contributed by atoms with E-state index in [2.05, 4.69) is 44.5 Å². The summed E-state index contributed by atoms with van der Waals surface area (Å²) < 4.78 is 5.23. The van der Waals surface area contributed by atoms with Crippen LogP contribution in [0.25, 0.3) is 0 Å². The first kappa shape index (κ1) is 19.5. The van der Waals surface area contributed by atoms with Crippen molar-refractivity contribution in [2.75, 3.05) is 51.3 Å². The van der Waals surface area contributed by atoms with Crippen LogP contribution in [0.5, 0.6) is 5.75 Å². The molecule has 1 unspecified atom stereocenters. The molecule has 0 aliphatic carbocycles. The number of hydrogen-bond donors (Lipinski definition) is 2. The van der Waals surface area contributed by atoms with Crippen molar-refractivity contribution in [3.05, 3.63) is 47.3 Å². The number of ether oxygens (including phenoxy) is 1. The number of methoxy groups -OCH3 is 1. The van der Waals surface area contributed by atoms with Gasteiger partial charge in [-0.05, 0) is 42.1 Å². The summed E-state index contributed by atoms with van der Waals surface area (Å²) in [5, 5.41) is 17.3. The molecule has 1 saturated heterocycles. The average Bonchev–Trinajstić information content (AvgIpc) is 3.26. The minimum atomic E-state index is -0.652. The Morgan fingerprint density at radius 2 is 2.07 bits per heavy atom. The minimum Gasteiger partial charge on any atom is -0.497 e. The van der Waals surface area contributed by atoms with Gasteiger partial charge in [-0.1, -0.05) is 12.1 Å². The second kappa shape index (κ2) is 9.62. The topological polar surface area (TPSA) is 60.3 Å². The number of rotatable bonds is 6. The fraction of sp³-hybridized carbons (Fsp3) is 0.450. The molecule has 2 heterocycles. The largest absolute Gasteiger partial charge is 0.497 e. The van der Waals surface area contributed by atoms with Gasteiger partial charge in [0.05, 0.1) is 24.8 Å². The van der Waals surface area contributed by atoms with Crippen molar-refractivity contribution in [2.24, 2.45) is 4.99 Å². The third-order valence-corrected chi connectivity index (χ3v) is 5.55. The molecule has 2 N–H and O–H groups in total. The molecule has 1 aliphatic rings. The van der Waals surface area contributed by atoms with E-state index in [1.54, 1.807) is 18.4 Å². The molecule has 0 saturated carbocycles. The number of thiophene rings is 1. The smallest absolute Gasteiger partial charge is 0.194 e. The number of aliphatic hydroxyl groups is 1. The van der Waals surface area contributed by atoms with E-state index < -0.39 is 6.10 Å². The van der Waals surface area contributed by atoms with Gasteiger partial charge in [0.25, 0.3) is 0 Å². The van der Waals surface area contributed by atoms with E-state index in [0.717, 1.165) is 50.0 Å². The lowest BCUT2D eigenvalue weighted by Gasteiger charge is -2.37. The van der Waals surface area contributed by atoms with Gasteiger partial charge in [-0.15, -0.1) is 11.3 Å². The van der Waals surface area contributed by atoms with E-state index in [1.165, 1.54) is 5.00 Å². The Balaban J connectivity index is 1.61. The van der Waals surface area contributed by atoms with Crippen LogP contribution in [-0.4, -0.2) is 62.3 Å². The van der Waals surface area contributed by atoms with Crippen LogP contribution in [-0.2, 0) is 0 Å². The molecule has 0 bridgehead atoms. The molecule has 0 radical (unpaired) electrons. The van der Waals surface area contributed by atoms with Crippen molar-refractivity contribution in [3.8, 4) is 5.75 Å². The molecular formula is C20H28N4O2S. The number of nitrogens with one attached hydrogen (secondary N) is 1. The standard InChI is InChI=1S/C20H28N4O2S/c1-3-21-20(22-15-18(25)16-6-4-7-17(14-16)26-2)24-11-9-23(10-12-24)19-8-5-13-27-19/h4-8,13-14,18,25H,3,9-12,15H2,1-2H3,(H,21,22). The Labute approximate surface area is 165 Å². The highest BCUT2D eigenvalue weighted by molar-refractivity contribution is 7.14. The number of piperazine rings is 1. The molecule has 0 spiro atoms. The first-order chi connectivity index (χ1) is 13.2. The molecule has 27 heavy (non-hydrogen) atoms. The summed E-state index contributed by atoms with van der Waals surface area (Å²) in [6, 6.07) is 11.8. The zero-order valence-corrected chi connectivity index (χ0v) is 16.8. The van der Waals surface area contributed by atoms with E-state index in [1.807, 2.05) is 24.3 Å². The predicted octanol–water partition coefficient (Wildman–Crippen LogP) is 2.58. The highest BCUT2D eigenvalue weighted by Crippen LogP contribution is 2.23. The Kier molecular flexibility index (Phi) is 6.95. The van der Waals surface area contributed by atoms with Crippen molar-refractivity contribution in [1.29, 1.82) is 0 Å². The normalized spacial score (nSPS) is 16.3. The van der Waals surface area contributed by atoms with Crippen LogP contribution in [0.3, 0.4) is 0 Å². The summed E-state index contributed by atoms with van der Waals surface area (Å²) >= 11 is 1.78. The maximum absolute atomic E-state index is 10.5. The summed E-state index contributed by atoms with van der Waals surface area (Å²) in [5.74, 6) is 1.61. The lowest BCUT2D eigenvalue weighted by molar-refractivity contribution is 0.186. The first-order valence-corrected chi connectivity index (χ1v) is 10.2. The van der Waals surface area contributed by atoms with Crippen molar-refractivity contribution in [2.45, 2.75) is 13.0 Å². The monoisotopic (exact) mass is 388 g/mol. The molecule has 1 aliphatic heterocycles. The SMILES string of the molecule is CCNC(=NCC(O)c1cccc(OC)c1)N1CCN(c2cccs2)CC1. The second-order valence-corrected chi connectivity index (χ2v) is 7.34. The zero-order chi connectivity index (χ0) is 19.1. The number of hydrogen-bond acceptors (Lipinski definition) is 5. The third-order valence-electron chi connectivity index (χ3n) is 4.62. The van der Waals surface area contributed by atoms with Gasteiger partial charge in [0.1, 0.15) is 5.75 Å². The zero-order valence-electron chi connectivity index (χ0n) is 16.0. The van der Waals surface area contributed by atoms with Crippen molar-refractivity contribution in [3.63, 3.8) is 0 Å². The van der Waals surface area contributed by atoms with E-state index in [0.29, 0.717) is 6.54 Å². The van der Waals surface area contributed by atoms with Crippen LogP contribution in [0.15, 0.2) is 46.8 Å². The van der Waals surface area contributed by atoms with E-state index in [4.69, 9.17) is 4.74 Å². The van der Waals surface area contributed by atoms with Crippen LogP contribution in [0, 0.1) is 0 Å². The first-order valence-electron chi connectivity index (χ1n) is 9.35. The summed E-state index contributed by atoms with van der Waals surface area (Å²) in [6.07, 6.45) is -0.652. The number of guanidine groups is 1. The molecule has 1 atom stereocenters. The summed E-state index contributed by atoms with van der Waals surface area (Å²) in [4.78, 5) is 9.36. The summed E-state index contributed by atoms with van der Waals surface area (Å²) in [7, 11) is 1.63. The molecule has 1 fully saturated rings. The average molecular weight is 389 g/mol. The summed E-state index contributed by atoms with van der Waals surface area (Å²) in [5.41, 5.74) is 0.816. The molecule has 3 rings (SSSR count). The molecule has 146 valence electrons. The van der Waals surface area contributed by atoms with Gasteiger partial charge in [-0.3, -0.25) is 4.99 Å². The Morgan fingerprint density at radius 1 is 1.26 bits per heavy atom. The number of aliphatic hydroxyl groups excluding tert-OH is 1. The fourth-order valence-electron chi connectivity index (χ4n) is 3.14. The van der Waals surface area contributed by atoms with Crippen molar-refractivity contribution < 1.29 is 9.84 Å². The van der Waals surface area contributed by atoms with Crippen molar-refractivity contribution in [1.82, 2.24) is 10.2 Å². The lowest BCUT2D eigenvalue weighted by Crippen LogP contribution is -2.52. The number of nitrogens with zero attached hydrogens (tertiary/aromatic N) is 3. The molecule has 7 heteroatoms. The minimum absolute atomic E-state index is 0.320. The highest BCUT2D eigenvalue weighted by Gasteiger charge is 2.20. The van der Waals surface area contributed by atoms with Gasteiger partial charge < -0.3 is 25.0 Å². The maximum Gasteiger partial charge on any atom is 0.194 e. The number of aliphatic imine (C=N–C) groups is 1. The number of benzene rings is 1.